The Morgan fingerprint density at radius 1 is 0.943 bits per heavy atom. The summed E-state index contributed by atoms with van der Waals surface area (Å²) < 4.78 is 25.7. The molecule has 0 amide bonds. The molecule has 4 aromatic rings. The average Bonchev–Trinajstić information content (AvgIpc) is 3.10. The van der Waals surface area contributed by atoms with Gasteiger partial charge in [-0.25, -0.2) is 13.1 Å². The summed E-state index contributed by atoms with van der Waals surface area (Å²) >= 11 is 19.8. The summed E-state index contributed by atoms with van der Waals surface area (Å²) in [7, 11) is -3.34. The molecule has 0 fully saturated rings. The van der Waals surface area contributed by atoms with Crippen LogP contribution in [0.4, 0.5) is 0 Å². The van der Waals surface area contributed by atoms with Crippen LogP contribution in [0.15, 0.2) is 65.6 Å². The SMILES string of the molecule is Cc1cc(-n2nc(C(C)(C)O)c(Cl)c2-c2c(Cl)cccc2Cl)ccc1-c1cccc(S(C)(=O)=O)c1. The molecule has 4 rings (SSSR count). The zero-order chi connectivity index (χ0) is 25.7. The van der Waals surface area contributed by atoms with Gasteiger partial charge in [0.2, 0.25) is 0 Å². The number of sulfone groups is 1. The molecule has 1 N–H and O–H groups in total. The molecule has 0 aliphatic rings. The molecule has 1 aromatic heterocycles. The van der Waals surface area contributed by atoms with Crippen molar-refractivity contribution in [1.29, 1.82) is 0 Å². The van der Waals surface area contributed by atoms with Crippen molar-refractivity contribution in [3.8, 4) is 28.1 Å². The van der Waals surface area contributed by atoms with Crippen LogP contribution in [-0.4, -0.2) is 29.6 Å². The molecule has 9 heteroatoms. The van der Waals surface area contributed by atoms with E-state index in [-0.39, 0.29) is 15.6 Å². The molecule has 5 nitrogen and oxygen atoms in total. The predicted octanol–water partition coefficient (Wildman–Crippen LogP) is 7.11. The smallest absolute Gasteiger partial charge is 0.175 e. The highest BCUT2D eigenvalue weighted by Gasteiger charge is 2.30. The molecule has 0 aliphatic heterocycles. The van der Waals surface area contributed by atoms with Crippen molar-refractivity contribution >= 4 is 44.6 Å². The number of aromatic nitrogens is 2. The van der Waals surface area contributed by atoms with Crippen molar-refractivity contribution < 1.29 is 13.5 Å². The summed E-state index contributed by atoms with van der Waals surface area (Å²) in [5.41, 5.74) is 3.16. The van der Waals surface area contributed by atoms with E-state index in [1.807, 2.05) is 31.2 Å². The van der Waals surface area contributed by atoms with Gasteiger partial charge in [0.1, 0.15) is 11.3 Å². The molecule has 0 saturated carbocycles. The molecule has 0 aliphatic carbocycles. The molecular weight excluding hydrogens is 527 g/mol. The molecule has 182 valence electrons. The molecule has 0 radical (unpaired) electrons. The number of aliphatic hydroxyl groups is 1. The Balaban J connectivity index is 1.93. The third-order valence-corrected chi connectivity index (χ3v) is 7.73. The van der Waals surface area contributed by atoms with Crippen molar-refractivity contribution in [2.24, 2.45) is 0 Å². The van der Waals surface area contributed by atoms with Crippen molar-refractivity contribution in [2.45, 2.75) is 31.3 Å². The maximum atomic E-state index is 12.0. The zero-order valence-corrected chi connectivity index (χ0v) is 22.6. The number of benzene rings is 3. The maximum Gasteiger partial charge on any atom is 0.175 e. The Morgan fingerprint density at radius 3 is 2.14 bits per heavy atom. The molecule has 0 spiro atoms. The van der Waals surface area contributed by atoms with Crippen molar-refractivity contribution in [3.05, 3.63) is 87.0 Å². The van der Waals surface area contributed by atoms with E-state index in [1.165, 1.54) is 6.26 Å². The monoisotopic (exact) mass is 548 g/mol. The molecule has 0 bridgehead atoms. The molecular formula is C26H23Cl3N2O3S. The first-order valence-electron chi connectivity index (χ1n) is 10.7. The topological polar surface area (TPSA) is 72.2 Å². The number of hydrogen-bond acceptors (Lipinski definition) is 4. The van der Waals surface area contributed by atoms with Crippen LogP contribution in [0.1, 0.15) is 25.1 Å². The molecule has 0 unspecified atom stereocenters. The summed E-state index contributed by atoms with van der Waals surface area (Å²) in [6, 6.07) is 17.6. The average molecular weight is 550 g/mol. The third kappa shape index (κ3) is 4.99. The highest BCUT2D eigenvalue weighted by molar-refractivity contribution is 7.90. The van der Waals surface area contributed by atoms with Crippen molar-refractivity contribution in [2.75, 3.05) is 6.26 Å². The second-order valence-electron chi connectivity index (χ2n) is 8.88. The maximum absolute atomic E-state index is 12.0. The number of rotatable bonds is 5. The van der Waals surface area contributed by atoms with Gasteiger partial charge in [-0.1, -0.05) is 59.1 Å². The van der Waals surface area contributed by atoms with E-state index in [4.69, 9.17) is 34.8 Å². The Bertz CT molecular complexity index is 1530. The second kappa shape index (κ2) is 9.26. The van der Waals surface area contributed by atoms with Gasteiger partial charge in [-0.3, -0.25) is 0 Å². The van der Waals surface area contributed by atoms with E-state index in [1.54, 1.807) is 54.9 Å². The first kappa shape index (κ1) is 25.7. The lowest BCUT2D eigenvalue weighted by Crippen LogP contribution is -2.17. The van der Waals surface area contributed by atoms with E-state index < -0.39 is 15.4 Å². The molecule has 0 saturated heterocycles. The lowest BCUT2D eigenvalue weighted by molar-refractivity contribution is 0.0735. The van der Waals surface area contributed by atoms with Gasteiger partial charge in [0.05, 0.1) is 31.3 Å². The first-order chi connectivity index (χ1) is 16.3. The highest BCUT2D eigenvalue weighted by Crippen LogP contribution is 2.43. The zero-order valence-electron chi connectivity index (χ0n) is 19.5. The number of aryl methyl sites for hydroxylation is 1. The largest absolute Gasteiger partial charge is 0.384 e. The minimum Gasteiger partial charge on any atom is -0.384 e. The lowest BCUT2D eigenvalue weighted by atomic mass is 10.00. The quantitative estimate of drug-likeness (QED) is 0.288. The van der Waals surface area contributed by atoms with Crippen LogP contribution in [0.25, 0.3) is 28.1 Å². The van der Waals surface area contributed by atoms with Crippen LogP contribution >= 0.6 is 34.8 Å². The van der Waals surface area contributed by atoms with Gasteiger partial charge in [-0.05, 0) is 73.9 Å². The fraction of sp³-hybridized carbons (Fsp3) is 0.192. The van der Waals surface area contributed by atoms with Crippen LogP contribution in [0, 0.1) is 6.92 Å². The Morgan fingerprint density at radius 2 is 1.57 bits per heavy atom. The van der Waals surface area contributed by atoms with Gasteiger partial charge in [0.15, 0.2) is 9.84 Å². The standard InChI is InChI=1S/C26H23Cl3N2O3S/c1-15-13-17(11-12-19(15)16-7-5-8-18(14-16)35(4,33)34)31-24(22-20(27)9-6-10-21(22)28)23(29)25(30-31)26(2,3)32/h5-14,32H,1-4H3. The van der Waals surface area contributed by atoms with Crippen LogP contribution in [0.3, 0.4) is 0 Å². The summed E-state index contributed by atoms with van der Waals surface area (Å²) in [6.45, 7) is 5.13. The van der Waals surface area contributed by atoms with Gasteiger partial charge < -0.3 is 5.11 Å². The Hall–Kier alpha value is -2.35. The minimum atomic E-state index is -3.34. The molecule has 1 heterocycles. The minimum absolute atomic E-state index is 0.245. The Kier molecular flexibility index (Phi) is 6.81. The summed E-state index contributed by atoms with van der Waals surface area (Å²) in [6.07, 6.45) is 1.19. The van der Waals surface area contributed by atoms with Crippen LogP contribution < -0.4 is 0 Å². The van der Waals surface area contributed by atoms with Gasteiger partial charge in [-0.2, -0.15) is 5.10 Å². The van der Waals surface area contributed by atoms with Crippen LogP contribution in [-0.2, 0) is 15.4 Å². The van der Waals surface area contributed by atoms with Crippen molar-refractivity contribution in [3.63, 3.8) is 0 Å². The normalized spacial score (nSPS) is 12.2. The van der Waals surface area contributed by atoms with E-state index in [0.29, 0.717) is 27.0 Å². The number of nitrogens with zero attached hydrogens (tertiary/aromatic N) is 2. The van der Waals surface area contributed by atoms with E-state index in [2.05, 4.69) is 5.10 Å². The highest BCUT2D eigenvalue weighted by atomic mass is 35.5. The summed E-state index contributed by atoms with van der Waals surface area (Å²) in [4.78, 5) is 0.253. The lowest BCUT2D eigenvalue weighted by Gasteiger charge is -2.14. The summed E-state index contributed by atoms with van der Waals surface area (Å²) in [5, 5.41) is 16.4. The number of hydrogen-bond donors (Lipinski definition) is 1. The van der Waals surface area contributed by atoms with Gasteiger partial charge in [0, 0.05) is 11.8 Å². The molecule has 0 atom stereocenters. The molecule has 35 heavy (non-hydrogen) atoms. The predicted molar refractivity (Wildman–Crippen MR) is 143 cm³/mol. The van der Waals surface area contributed by atoms with Crippen molar-refractivity contribution in [1.82, 2.24) is 9.78 Å². The fourth-order valence-electron chi connectivity index (χ4n) is 3.91. The Labute approximate surface area is 219 Å². The van der Waals surface area contributed by atoms with Crippen LogP contribution in [0.2, 0.25) is 15.1 Å². The second-order valence-corrected chi connectivity index (χ2v) is 12.1. The van der Waals surface area contributed by atoms with E-state index in [9.17, 15) is 13.5 Å². The third-order valence-electron chi connectivity index (χ3n) is 5.63. The van der Waals surface area contributed by atoms with Gasteiger partial charge in [0.25, 0.3) is 0 Å². The number of halogens is 3. The van der Waals surface area contributed by atoms with Gasteiger partial charge in [-0.15, -0.1) is 0 Å². The van der Waals surface area contributed by atoms with Crippen LogP contribution in [0.5, 0.6) is 0 Å². The summed E-state index contributed by atoms with van der Waals surface area (Å²) in [5.74, 6) is 0. The van der Waals surface area contributed by atoms with E-state index in [0.717, 1.165) is 16.7 Å². The van der Waals surface area contributed by atoms with Gasteiger partial charge >= 0.3 is 0 Å². The van der Waals surface area contributed by atoms with E-state index >= 15 is 0 Å². The molecule has 3 aromatic carbocycles. The fourth-order valence-corrected chi connectivity index (χ4v) is 5.60. The first-order valence-corrected chi connectivity index (χ1v) is 13.7.